The molecule has 1 aromatic heterocycles. The molecule has 1 aromatic carbocycles. The third-order valence-corrected chi connectivity index (χ3v) is 2.88. The van der Waals surface area contributed by atoms with Crippen LogP contribution >= 0.6 is 0 Å². The molecule has 1 heterocycles. The van der Waals surface area contributed by atoms with Gasteiger partial charge in [0.15, 0.2) is 6.20 Å². The van der Waals surface area contributed by atoms with Gasteiger partial charge in [-0.3, -0.25) is 0 Å². The van der Waals surface area contributed by atoms with Crippen LogP contribution in [0.25, 0.3) is 10.8 Å². The number of pyridine rings is 1. The number of hydrogen-bond acceptors (Lipinski definition) is 2. The average Bonchev–Trinajstić information content (AvgIpc) is 2.25. The maximum atomic E-state index is 9.87. The van der Waals surface area contributed by atoms with Gasteiger partial charge in [0.05, 0.1) is 0 Å². The minimum Gasteiger partial charge on any atom is -0.499 e. The Hall–Kier alpha value is -1.77. The van der Waals surface area contributed by atoms with E-state index >= 15 is 0 Å². The van der Waals surface area contributed by atoms with Crippen molar-refractivity contribution in [2.45, 2.75) is 19.8 Å². The summed E-state index contributed by atoms with van der Waals surface area (Å²) in [5.41, 5.74) is 1.15. The molecule has 0 aliphatic carbocycles. The second-order valence-electron chi connectivity index (χ2n) is 4.41. The SMILES string of the molecule is CC(C)c1ccc2c[n+](C)c(O)c(O)c2c1. The van der Waals surface area contributed by atoms with E-state index < -0.39 is 0 Å². The summed E-state index contributed by atoms with van der Waals surface area (Å²) in [6, 6.07) is 5.93. The fraction of sp³-hybridized carbons (Fsp3) is 0.308. The molecule has 0 spiro atoms. The molecular weight excluding hydrogens is 202 g/mol. The van der Waals surface area contributed by atoms with E-state index in [9.17, 15) is 10.2 Å². The molecule has 0 fully saturated rings. The zero-order valence-corrected chi connectivity index (χ0v) is 9.73. The lowest BCUT2D eigenvalue weighted by Gasteiger charge is -2.07. The number of rotatable bonds is 1. The Morgan fingerprint density at radius 2 is 1.88 bits per heavy atom. The van der Waals surface area contributed by atoms with Crippen LogP contribution in [0.15, 0.2) is 24.4 Å². The molecule has 16 heavy (non-hydrogen) atoms. The monoisotopic (exact) mass is 218 g/mol. The summed E-state index contributed by atoms with van der Waals surface area (Å²) in [6.45, 7) is 4.20. The van der Waals surface area contributed by atoms with E-state index in [4.69, 9.17) is 0 Å². The van der Waals surface area contributed by atoms with E-state index in [0.717, 1.165) is 10.9 Å². The number of aromatic hydroxyl groups is 2. The Bertz CT molecular complexity index is 547. The summed E-state index contributed by atoms with van der Waals surface area (Å²) in [5.74, 6) is 0.246. The van der Waals surface area contributed by atoms with Crippen molar-refractivity contribution in [2.24, 2.45) is 7.05 Å². The molecule has 84 valence electrons. The van der Waals surface area contributed by atoms with Crippen LogP contribution < -0.4 is 4.57 Å². The predicted molar refractivity (Wildman–Crippen MR) is 62.5 cm³/mol. The number of benzene rings is 1. The largest absolute Gasteiger partial charge is 0.499 e. The molecule has 0 atom stereocenters. The first-order chi connectivity index (χ1) is 7.50. The van der Waals surface area contributed by atoms with Gasteiger partial charge in [0.2, 0.25) is 5.75 Å². The summed E-state index contributed by atoms with van der Waals surface area (Å²) < 4.78 is 1.51. The number of nitrogens with zero attached hydrogens (tertiary/aromatic N) is 1. The molecule has 0 amide bonds. The standard InChI is InChI=1S/C13H15NO2/c1-8(2)9-4-5-10-7-14(3)13(16)12(15)11(10)6-9/h4-8,15H,1-3H3/p+1. The van der Waals surface area contributed by atoms with Crippen molar-refractivity contribution >= 4 is 10.8 Å². The van der Waals surface area contributed by atoms with Crippen molar-refractivity contribution in [3.05, 3.63) is 30.0 Å². The van der Waals surface area contributed by atoms with Crippen molar-refractivity contribution in [3.8, 4) is 11.6 Å². The van der Waals surface area contributed by atoms with Gasteiger partial charge in [0, 0.05) is 10.8 Å². The Kier molecular flexibility index (Phi) is 2.46. The fourth-order valence-electron chi connectivity index (χ4n) is 1.81. The van der Waals surface area contributed by atoms with Gasteiger partial charge >= 0.3 is 5.88 Å². The van der Waals surface area contributed by atoms with Crippen molar-refractivity contribution in [2.75, 3.05) is 0 Å². The van der Waals surface area contributed by atoms with Gasteiger partial charge in [-0.2, -0.15) is 4.57 Å². The first-order valence-corrected chi connectivity index (χ1v) is 5.35. The van der Waals surface area contributed by atoms with Crippen molar-refractivity contribution < 1.29 is 14.8 Å². The van der Waals surface area contributed by atoms with Gasteiger partial charge in [-0.05, 0) is 23.6 Å². The summed E-state index contributed by atoms with van der Waals surface area (Å²) >= 11 is 0. The Labute approximate surface area is 94.6 Å². The van der Waals surface area contributed by atoms with Gasteiger partial charge < -0.3 is 10.2 Å². The van der Waals surface area contributed by atoms with E-state index in [1.807, 2.05) is 18.2 Å². The van der Waals surface area contributed by atoms with Crippen LogP contribution in [0, 0.1) is 0 Å². The predicted octanol–water partition coefficient (Wildman–Crippen LogP) is 2.20. The van der Waals surface area contributed by atoms with E-state index in [1.165, 1.54) is 4.57 Å². The number of aromatic nitrogens is 1. The Balaban J connectivity index is 2.78. The van der Waals surface area contributed by atoms with Crippen molar-refractivity contribution in [1.82, 2.24) is 0 Å². The van der Waals surface area contributed by atoms with Crippen LogP contribution in [-0.2, 0) is 7.05 Å². The molecule has 0 bridgehead atoms. The first kappa shape index (κ1) is 10.7. The fourth-order valence-corrected chi connectivity index (χ4v) is 1.81. The number of aryl methyl sites for hydroxylation is 1. The highest BCUT2D eigenvalue weighted by Gasteiger charge is 2.16. The summed E-state index contributed by atoms with van der Waals surface area (Å²) in [4.78, 5) is 0. The van der Waals surface area contributed by atoms with E-state index in [1.54, 1.807) is 13.2 Å². The molecule has 0 saturated heterocycles. The lowest BCUT2D eigenvalue weighted by molar-refractivity contribution is -0.676. The highest BCUT2D eigenvalue weighted by Crippen LogP contribution is 2.31. The Morgan fingerprint density at radius 3 is 2.50 bits per heavy atom. The van der Waals surface area contributed by atoms with Crippen LogP contribution in [0.3, 0.4) is 0 Å². The minimum atomic E-state index is -0.103. The summed E-state index contributed by atoms with van der Waals surface area (Å²) in [6.07, 6.45) is 1.80. The Morgan fingerprint density at radius 1 is 1.19 bits per heavy atom. The zero-order valence-electron chi connectivity index (χ0n) is 9.73. The molecule has 0 unspecified atom stereocenters. The van der Waals surface area contributed by atoms with Gasteiger partial charge in [-0.15, -0.1) is 0 Å². The molecular formula is C13H16NO2+. The van der Waals surface area contributed by atoms with Crippen molar-refractivity contribution in [3.63, 3.8) is 0 Å². The highest BCUT2D eigenvalue weighted by molar-refractivity contribution is 5.88. The second-order valence-corrected chi connectivity index (χ2v) is 4.41. The molecule has 3 heteroatoms. The third-order valence-electron chi connectivity index (χ3n) is 2.88. The molecule has 2 rings (SSSR count). The average molecular weight is 218 g/mol. The quantitative estimate of drug-likeness (QED) is 0.721. The maximum Gasteiger partial charge on any atom is 0.409 e. The van der Waals surface area contributed by atoms with Crippen LogP contribution in [0.5, 0.6) is 11.6 Å². The van der Waals surface area contributed by atoms with Gasteiger partial charge in [0.1, 0.15) is 7.05 Å². The maximum absolute atomic E-state index is 9.87. The van der Waals surface area contributed by atoms with Crippen LogP contribution in [-0.4, -0.2) is 10.2 Å². The topological polar surface area (TPSA) is 44.3 Å². The third kappa shape index (κ3) is 1.58. The summed E-state index contributed by atoms with van der Waals surface area (Å²) in [5, 5.41) is 21.1. The number of hydrogen-bond donors (Lipinski definition) is 2. The normalized spacial score (nSPS) is 11.2. The second kappa shape index (κ2) is 3.67. The van der Waals surface area contributed by atoms with Crippen LogP contribution in [0.1, 0.15) is 25.3 Å². The van der Waals surface area contributed by atoms with Crippen LogP contribution in [0.4, 0.5) is 0 Å². The van der Waals surface area contributed by atoms with Gasteiger partial charge in [-0.1, -0.05) is 19.9 Å². The molecule has 0 aliphatic heterocycles. The lowest BCUT2D eigenvalue weighted by Crippen LogP contribution is -2.27. The molecule has 0 saturated carbocycles. The molecule has 2 aromatic rings. The minimum absolute atomic E-state index is 0.0532. The molecule has 0 aliphatic rings. The lowest BCUT2D eigenvalue weighted by atomic mass is 10.00. The smallest absolute Gasteiger partial charge is 0.409 e. The summed E-state index contributed by atoms with van der Waals surface area (Å²) in [7, 11) is 1.70. The molecule has 3 nitrogen and oxygen atoms in total. The highest BCUT2D eigenvalue weighted by atomic mass is 16.3. The zero-order chi connectivity index (χ0) is 11.9. The van der Waals surface area contributed by atoms with E-state index in [0.29, 0.717) is 11.3 Å². The number of fused-ring (bicyclic) bond motifs is 1. The van der Waals surface area contributed by atoms with Gasteiger partial charge in [0.25, 0.3) is 0 Å². The van der Waals surface area contributed by atoms with E-state index in [2.05, 4.69) is 13.8 Å². The van der Waals surface area contributed by atoms with E-state index in [-0.39, 0.29) is 11.6 Å². The van der Waals surface area contributed by atoms with Crippen LogP contribution in [0.2, 0.25) is 0 Å². The molecule has 0 radical (unpaired) electrons. The van der Waals surface area contributed by atoms with Crippen molar-refractivity contribution in [1.29, 1.82) is 0 Å². The first-order valence-electron chi connectivity index (χ1n) is 5.35. The molecule has 2 N–H and O–H groups in total. The van der Waals surface area contributed by atoms with Gasteiger partial charge in [-0.25, -0.2) is 0 Å².